The van der Waals surface area contributed by atoms with E-state index < -0.39 is 11.8 Å². The molecule has 1 rings (SSSR count). The Morgan fingerprint density at radius 2 is 2.06 bits per heavy atom. The van der Waals surface area contributed by atoms with E-state index in [0.717, 1.165) is 0 Å². The van der Waals surface area contributed by atoms with Gasteiger partial charge in [0, 0.05) is 19.3 Å². The van der Waals surface area contributed by atoms with Gasteiger partial charge < -0.3 is 15.5 Å². The van der Waals surface area contributed by atoms with Gasteiger partial charge in [-0.25, -0.2) is 4.98 Å². The molecule has 6 nitrogen and oxygen atoms in total. The van der Waals surface area contributed by atoms with E-state index >= 15 is 0 Å². The molecule has 17 heavy (non-hydrogen) atoms. The molecule has 0 unspecified atom stereocenters. The van der Waals surface area contributed by atoms with Crippen LogP contribution in [0.25, 0.3) is 0 Å². The number of hydrogen-bond acceptors (Lipinski definition) is 4. The van der Waals surface area contributed by atoms with Crippen LogP contribution in [0.2, 0.25) is 0 Å². The number of likely N-dealkylation sites (N-methyl/N-ethyl adjacent to an activating group) is 1. The summed E-state index contributed by atoms with van der Waals surface area (Å²) < 4.78 is 0. The van der Waals surface area contributed by atoms with Gasteiger partial charge >= 0.3 is 11.8 Å². The molecule has 0 atom stereocenters. The first-order chi connectivity index (χ1) is 8.09. The number of nitrogens with zero attached hydrogens (tertiary/aromatic N) is 2. The van der Waals surface area contributed by atoms with Crippen LogP contribution in [0.4, 0.5) is 5.82 Å². The number of rotatable bonds is 4. The topological polar surface area (TPSA) is 74.3 Å². The molecule has 0 radical (unpaired) electrons. The van der Waals surface area contributed by atoms with Gasteiger partial charge in [-0.1, -0.05) is 6.07 Å². The maximum absolute atomic E-state index is 11.4. The van der Waals surface area contributed by atoms with Crippen molar-refractivity contribution in [3.05, 3.63) is 24.4 Å². The summed E-state index contributed by atoms with van der Waals surface area (Å²) in [7, 11) is 3.78. The molecule has 0 aliphatic rings. The highest BCUT2D eigenvalue weighted by atomic mass is 16.2. The third-order valence-electron chi connectivity index (χ3n) is 1.96. The largest absolute Gasteiger partial charge is 0.347 e. The maximum Gasteiger partial charge on any atom is 0.314 e. The zero-order valence-corrected chi connectivity index (χ0v) is 9.93. The fourth-order valence-corrected chi connectivity index (χ4v) is 1.08. The second-order valence-electron chi connectivity index (χ2n) is 3.73. The van der Waals surface area contributed by atoms with Crippen LogP contribution in [0.3, 0.4) is 0 Å². The molecule has 2 amide bonds. The predicted octanol–water partition coefficient (Wildman–Crippen LogP) is -0.302. The third kappa shape index (κ3) is 5.07. The minimum absolute atomic E-state index is 0.361. The van der Waals surface area contributed by atoms with Crippen molar-refractivity contribution < 1.29 is 9.59 Å². The summed E-state index contributed by atoms with van der Waals surface area (Å²) in [5, 5.41) is 4.92. The summed E-state index contributed by atoms with van der Waals surface area (Å²) in [4.78, 5) is 28.6. The van der Waals surface area contributed by atoms with Gasteiger partial charge in [0.2, 0.25) is 0 Å². The van der Waals surface area contributed by atoms with Gasteiger partial charge in [0.25, 0.3) is 0 Å². The summed E-state index contributed by atoms with van der Waals surface area (Å²) in [6.45, 7) is 1.12. The Balaban J connectivity index is 2.35. The van der Waals surface area contributed by atoms with Crippen molar-refractivity contribution in [3.8, 4) is 0 Å². The van der Waals surface area contributed by atoms with E-state index in [1.54, 1.807) is 24.4 Å². The van der Waals surface area contributed by atoms with Gasteiger partial charge in [0.05, 0.1) is 0 Å². The Bertz CT molecular complexity index is 378. The van der Waals surface area contributed by atoms with Crippen molar-refractivity contribution in [1.82, 2.24) is 15.2 Å². The second kappa shape index (κ2) is 6.59. The number of amides is 2. The summed E-state index contributed by atoms with van der Waals surface area (Å²) in [6.07, 6.45) is 1.54. The molecule has 0 spiro atoms. The lowest BCUT2D eigenvalue weighted by Gasteiger charge is -2.10. The molecule has 2 N–H and O–H groups in total. The lowest BCUT2D eigenvalue weighted by molar-refractivity contribution is -0.136. The summed E-state index contributed by atoms with van der Waals surface area (Å²) in [5.41, 5.74) is 0. The molecule has 0 fully saturated rings. The van der Waals surface area contributed by atoms with Crippen LogP contribution >= 0.6 is 0 Å². The Labute approximate surface area is 100 Å². The first-order valence-corrected chi connectivity index (χ1v) is 5.24. The zero-order valence-electron chi connectivity index (χ0n) is 9.93. The number of aromatic nitrogens is 1. The van der Waals surface area contributed by atoms with E-state index in [1.807, 2.05) is 19.0 Å². The van der Waals surface area contributed by atoms with Crippen LogP contribution in [-0.4, -0.2) is 48.9 Å². The van der Waals surface area contributed by atoms with Crippen LogP contribution in [0.15, 0.2) is 24.4 Å². The number of hydrogen-bond donors (Lipinski definition) is 2. The third-order valence-corrected chi connectivity index (χ3v) is 1.96. The van der Waals surface area contributed by atoms with Crippen molar-refractivity contribution in [1.29, 1.82) is 0 Å². The number of pyridine rings is 1. The summed E-state index contributed by atoms with van der Waals surface area (Å²) >= 11 is 0. The molecule has 0 saturated heterocycles. The van der Waals surface area contributed by atoms with E-state index in [9.17, 15) is 9.59 Å². The van der Waals surface area contributed by atoms with E-state index in [4.69, 9.17) is 0 Å². The quantitative estimate of drug-likeness (QED) is 0.704. The molecule has 1 aromatic rings. The van der Waals surface area contributed by atoms with Crippen molar-refractivity contribution in [2.75, 3.05) is 32.5 Å². The van der Waals surface area contributed by atoms with Crippen molar-refractivity contribution in [2.24, 2.45) is 0 Å². The fourth-order valence-electron chi connectivity index (χ4n) is 1.08. The van der Waals surface area contributed by atoms with Crippen LogP contribution in [0.5, 0.6) is 0 Å². The van der Waals surface area contributed by atoms with Crippen LogP contribution in [-0.2, 0) is 9.59 Å². The fraction of sp³-hybridized carbons (Fsp3) is 0.364. The van der Waals surface area contributed by atoms with Gasteiger partial charge in [-0.05, 0) is 26.2 Å². The Morgan fingerprint density at radius 3 is 2.65 bits per heavy atom. The number of nitrogens with one attached hydrogen (secondary N) is 2. The number of carbonyl (C=O) groups is 2. The minimum Gasteiger partial charge on any atom is -0.347 e. The van der Waals surface area contributed by atoms with Gasteiger partial charge in [0.15, 0.2) is 0 Å². The van der Waals surface area contributed by atoms with E-state index in [1.165, 1.54) is 0 Å². The molecule has 0 aromatic carbocycles. The molecule has 1 aromatic heterocycles. The smallest absolute Gasteiger partial charge is 0.314 e. The zero-order chi connectivity index (χ0) is 12.7. The average Bonchev–Trinajstić information content (AvgIpc) is 2.29. The highest BCUT2D eigenvalue weighted by Gasteiger charge is 2.13. The molecule has 1 heterocycles. The Kier molecular flexibility index (Phi) is 5.09. The van der Waals surface area contributed by atoms with Crippen LogP contribution < -0.4 is 10.6 Å². The first kappa shape index (κ1) is 13.1. The molecular weight excluding hydrogens is 220 g/mol. The monoisotopic (exact) mass is 236 g/mol. The van der Waals surface area contributed by atoms with Gasteiger partial charge in [0.1, 0.15) is 5.82 Å². The summed E-state index contributed by atoms with van der Waals surface area (Å²) in [5.74, 6) is -1.000. The highest BCUT2D eigenvalue weighted by Crippen LogP contribution is 1.98. The highest BCUT2D eigenvalue weighted by molar-refractivity contribution is 6.39. The number of carbonyl (C=O) groups excluding carboxylic acids is 2. The van der Waals surface area contributed by atoms with Crippen LogP contribution in [0, 0.1) is 0 Å². The van der Waals surface area contributed by atoms with Gasteiger partial charge in [-0.3, -0.25) is 9.59 Å². The molecule has 0 aliphatic heterocycles. The maximum atomic E-state index is 11.4. The predicted molar refractivity (Wildman–Crippen MR) is 64.4 cm³/mol. The molecular formula is C11H16N4O2. The standard InChI is InChI=1S/C11H16N4O2/c1-15(2)8-7-13-10(16)11(17)14-9-5-3-4-6-12-9/h3-6H,7-8H2,1-2H3,(H,13,16)(H,12,14,17). The molecule has 6 heteroatoms. The van der Waals surface area contributed by atoms with Gasteiger partial charge in [-0.2, -0.15) is 0 Å². The van der Waals surface area contributed by atoms with E-state index in [2.05, 4.69) is 15.6 Å². The SMILES string of the molecule is CN(C)CCNC(=O)C(=O)Nc1ccccn1. The minimum atomic E-state index is -0.706. The van der Waals surface area contributed by atoms with Crippen LogP contribution in [0.1, 0.15) is 0 Å². The normalized spacial score (nSPS) is 10.1. The molecule has 0 bridgehead atoms. The first-order valence-electron chi connectivity index (χ1n) is 5.24. The molecule has 0 saturated carbocycles. The van der Waals surface area contributed by atoms with Crippen molar-refractivity contribution >= 4 is 17.6 Å². The molecule has 0 aliphatic carbocycles. The molecule has 92 valence electrons. The average molecular weight is 236 g/mol. The second-order valence-corrected chi connectivity index (χ2v) is 3.73. The lowest BCUT2D eigenvalue weighted by atomic mass is 10.4. The van der Waals surface area contributed by atoms with Crippen molar-refractivity contribution in [3.63, 3.8) is 0 Å². The summed E-state index contributed by atoms with van der Waals surface area (Å²) in [6, 6.07) is 5.07. The van der Waals surface area contributed by atoms with Gasteiger partial charge in [-0.15, -0.1) is 0 Å². The lowest BCUT2D eigenvalue weighted by Crippen LogP contribution is -2.38. The van der Waals surface area contributed by atoms with Crippen molar-refractivity contribution in [2.45, 2.75) is 0 Å². The Hall–Kier alpha value is -1.95. The van der Waals surface area contributed by atoms with E-state index in [-0.39, 0.29) is 0 Å². The number of anilines is 1. The van der Waals surface area contributed by atoms with E-state index in [0.29, 0.717) is 18.9 Å². The Morgan fingerprint density at radius 1 is 1.29 bits per heavy atom.